The number of aromatic nitrogens is 3. The lowest BCUT2D eigenvalue weighted by atomic mass is 10.1. The zero-order valence-corrected chi connectivity index (χ0v) is 18.9. The maximum atomic E-state index is 13.8. The smallest absolute Gasteiger partial charge is 0.310 e. The van der Waals surface area contributed by atoms with E-state index in [0.29, 0.717) is 28.0 Å². The average molecular weight is 446 g/mol. The van der Waals surface area contributed by atoms with Gasteiger partial charge in [0.25, 0.3) is 5.56 Å². The molecule has 0 saturated carbocycles. The van der Waals surface area contributed by atoms with E-state index in [1.54, 1.807) is 11.3 Å². The molecule has 0 N–H and O–H groups in total. The van der Waals surface area contributed by atoms with Gasteiger partial charge in [0.05, 0.1) is 22.3 Å². The minimum Gasteiger partial charge on any atom is -0.425 e. The first kappa shape index (κ1) is 20.3. The van der Waals surface area contributed by atoms with Crippen LogP contribution in [-0.2, 0) is 0 Å². The van der Waals surface area contributed by atoms with Crippen LogP contribution < -0.4 is 10.3 Å². The first-order chi connectivity index (χ1) is 15.3. The molecule has 0 spiro atoms. The predicted octanol–water partition coefficient (Wildman–Crippen LogP) is 6.16. The maximum absolute atomic E-state index is 13.8. The Morgan fingerprint density at radius 3 is 2.44 bits per heavy atom. The molecule has 0 bridgehead atoms. The number of fused-ring (bicyclic) bond motifs is 3. The van der Waals surface area contributed by atoms with Crippen LogP contribution in [0.4, 0.5) is 4.39 Å². The highest BCUT2D eigenvalue weighted by atomic mass is 32.1. The second kappa shape index (κ2) is 7.53. The third-order valence-electron chi connectivity index (χ3n) is 5.57. The second-order valence-electron chi connectivity index (χ2n) is 7.81. The van der Waals surface area contributed by atoms with Crippen molar-refractivity contribution in [3.63, 3.8) is 0 Å². The lowest BCUT2D eigenvalue weighted by Crippen LogP contribution is -2.22. The SMILES string of the molecule is Cc1cccc(Oc2nc3c(c(C)nc4sc(C)c(C)c43)c(=O)n2-c2ccc(F)cc2)c1. The van der Waals surface area contributed by atoms with Gasteiger partial charge in [0.2, 0.25) is 0 Å². The molecular formula is C25H20FN3O2S. The Labute approximate surface area is 187 Å². The minimum absolute atomic E-state index is 0.120. The van der Waals surface area contributed by atoms with Crippen LogP contribution in [0.5, 0.6) is 11.8 Å². The van der Waals surface area contributed by atoms with E-state index < -0.39 is 0 Å². The number of ether oxygens (including phenoxy) is 1. The first-order valence-corrected chi connectivity index (χ1v) is 11.0. The molecular weight excluding hydrogens is 425 g/mol. The van der Waals surface area contributed by atoms with Crippen molar-refractivity contribution >= 4 is 32.5 Å². The van der Waals surface area contributed by atoms with E-state index >= 15 is 0 Å². The van der Waals surface area contributed by atoms with Gasteiger partial charge >= 0.3 is 6.01 Å². The van der Waals surface area contributed by atoms with E-state index in [-0.39, 0.29) is 17.4 Å². The molecule has 2 aromatic carbocycles. The van der Waals surface area contributed by atoms with Crippen molar-refractivity contribution in [1.29, 1.82) is 0 Å². The molecule has 0 radical (unpaired) electrons. The summed E-state index contributed by atoms with van der Waals surface area (Å²) in [4.78, 5) is 25.3. The number of nitrogens with zero attached hydrogens (tertiary/aromatic N) is 3. The highest BCUT2D eigenvalue weighted by Crippen LogP contribution is 2.35. The monoisotopic (exact) mass is 445 g/mol. The molecule has 160 valence electrons. The van der Waals surface area contributed by atoms with Gasteiger partial charge in [0, 0.05) is 10.3 Å². The Kier molecular flexibility index (Phi) is 4.78. The van der Waals surface area contributed by atoms with Crippen molar-refractivity contribution in [2.75, 3.05) is 0 Å². The van der Waals surface area contributed by atoms with Crippen LogP contribution in [0.25, 0.3) is 26.8 Å². The Bertz CT molecular complexity index is 1570. The van der Waals surface area contributed by atoms with Gasteiger partial charge in [-0.1, -0.05) is 12.1 Å². The van der Waals surface area contributed by atoms with E-state index in [1.165, 1.54) is 28.8 Å². The predicted molar refractivity (Wildman–Crippen MR) is 126 cm³/mol. The molecule has 0 fully saturated rings. The van der Waals surface area contributed by atoms with Gasteiger partial charge in [-0.05, 0) is 75.2 Å². The first-order valence-electron chi connectivity index (χ1n) is 10.2. The van der Waals surface area contributed by atoms with Gasteiger partial charge in [0.1, 0.15) is 16.4 Å². The fourth-order valence-electron chi connectivity index (χ4n) is 3.85. The lowest BCUT2D eigenvalue weighted by Gasteiger charge is -2.15. The summed E-state index contributed by atoms with van der Waals surface area (Å²) < 4.78 is 21.1. The maximum Gasteiger partial charge on any atom is 0.310 e. The van der Waals surface area contributed by atoms with Gasteiger partial charge in [-0.2, -0.15) is 4.98 Å². The van der Waals surface area contributed by atoms with Gasteiger partial charge in [0.15, 0.2) is 0 Å². The molecule has 0 aliphatic rings. The number of pyridine rings is 1. The Morgan fingerprint density at radius 1 is 0.969 bits per heavy atom. The van der Waals surface area contributed by atoms with Gasteiger partial charge in [-0.15, -0.1) is 11.3 Å². The largest absolute Gasteiger partial charge is 0.425 e. The zero-order valence-electron chi connectivity index (χ0n) is 18.1. The average Bonchev–Trinajstić information content (AvgIpc) is 3.02. The molecule has 32 heavy (non-hydrogen) atoms. The highest BCUT2D eigenvalue weighted by molar-refractivity contribution is 7.18. The summed E-state index contributed by atoms with van der Waals surface area (Å²) in [6.45, 7) is 7.82. The van der Waals surface area contributed by atoms with Crippen LogP contribution in [0.2, 0.25) is 0 Å². The standard InChI is InChI=1S/C25H20FN3O2S/c1-13-6-5-7-19(12-13)31-25-28-22-20-14(2)16(4)32-23(20)27-15(3)21(22)24(30)29(25)18-10-8-17(26)9-11-18/h5-12H,1-4H3. The van der Waals surface area contributed by atoms with Crippen molar-refractivity contribution in [3.8, 4) is 17.4 Å². The van der Waals surface area contributed by atoms with E-state index in [4.69, 9.17) is 9.72 Å². The molecule has 3 heterocycles. The number of halogens is 1. The van der Waals surface area contributed by atoms with E-state index in [2.05, 4.69) is 4.98 Å². The third-order valence-corrected chi connectivity index (χ3v) is 6.67. The normalized spacial score (nSPS) is 11.4. The molecule has 0 aliphatic carbocycles. The van der Waals surface area contributed by atoms with Gasteiger partial charge in [-0.25, -0.2) is 13.9 Å². The van der Waals surface area contributed by atoms with Crippen LogP contribution >= 0.6 is 11.3 Å². The van der Waals surface area contributed by atoms with Crippen LogP contribution in [0.15, 0.2) is 53.3 Å². The molecule has 3 aromatic heterocycles. The summed E-state index contributed by atoms with van der Waals surface area (Å²) in [6, 6.07) is 13.3. The molecule has 0 saturated heterocycles. The fraction of sp³-hybridized carbons (Fsp3) is 0.160. The van der Waals surface area contributed by atoms with Crippen LogP contribution in [0, 0.1) is 33.5 Å². The number of rotatable bonds is 3. The van der Waals surface area contributed by atoms with Gasteiger partial charge in [-0.3, -0.25) is 4.79 Å². The highest BCUT2D eigenvalue weighted by Gasteiger charge is 2.21. The Morgan fingerprint density at radius 2 is 1.72 bits per heavy atom. The lowest BCUT2D eigenvalue weighted by molar-refractivity contribution is 0.427. The fourth-order valence-corrected chi connectivity index (χ4v) is 4.93. The zero-order chi connectivity index (χ0) is 22.6. The minimum atomic E-state index is -0.388. The third kappa shape index (κ3) is 3.26. The van der Waals surface area contributed by atoms with Crippen molar-refractivity contribution in [2.24, 2.45) is 0 Å². The van der Waals surface area contributed by atoms with Gasteiger partial charge < -0.3 is 4.74 Å². The van der Waals surface area contributed by atoms with Crippen molar-refractivity contribution in [1.82, 2.24) is 14.5 Å². The molecule has 5 rings (SSSR count). The number of benzene rings is 2. The van der Waals surface area contributed by atoms with Crippen LogP contribution in [-0.4, -0.2) is 14.5 Å². The summed E-state index contributed by atoms with van der Waals surface area (Å²) in [7, 11) is 0. The number of thiophene rings is 1. The van der Waals surface area contributed by atoms with Crippen LogP contribution in [0.1, 0.15) is 21.7 Å². The molecule has 0 atom stereocenters. The number of hydrogen-bond acceptors (Lipinski definition) is 5. The van der Waals surface area contributed by atoms with Crippen LogP contribution in [0.3, 0.4) is 0 Å². The molecule has 7 heteroatoms. The summed E-state index contributed by atoms with van der Waals surface area (Å²) in [5, 5.41) is 1.30. The molecule has 0 amide bonds. The van der Waals surface area contributed by atoms with Crippen molar-refractivity contribution in [3.05, 3.63) is 86.4 Å². The number of aryl methyl sites for hydroxylation is 4. The molecule has 0 unspecified atom stereocenters. The second-order valence-corrected chi connectivity index (χ2v) is 9.02. The Balaban J connectivity index is 1.89. The Hall–Kier alpha value is -3.58. The van der Waals surface area contributed by atoms with E-state index in [1.807, 2.05) is 52.0 Å². The number of hydrogen-bond donors (Lipinski definition) is 0. The molecule has 5 aromatic rings. The van der Waals surface area contributed by atoms with E-state index in [0.717, 1.165) is 26.2 Å². The topological polar surface area (TPSA) is 57.0 Å². The van der Waals surface area contributed by atoms with Crippen molar-refractivity contribution in [2.45, 2.75) is 27.7 Å². The quantitative estimate of drug-likeness (QED) is 0.334. The van der Waals surface area contributed by atoms with Crippen molar-refractivity contribution < 1.29 is 9.13 Å². The summed E-state index contributed by atoms with van der Waals surface area (Å²) in [6.07, 6.45) is 0. The summed E-state index contributed by atoms with van der Waals surface area (Å²) in [5.74, 6) is 0.174. The molecule has 5 nitrogen and oxygen atoms in total. The summed E-state index contributed by atoms with van der Waals surface area (Å²) in [5.41, 5.74) is 3.40. The molecule has 0 aliphatic heterocycles. The van der Waals surface area contributed by atoms with E-state index in [9.17, 15) is 9.18 Å². The summed E-state index contributed by atoms with van der Waals surface area (Å²) >= 11 is 1.59.